The molecule has 3 atom stereocenters. The monoisotopic (exact) mass is 375 g/mol. The van der Waals surface area contributed by atoms with Gasteiger partial charge in [-0.3, -0.25) is 9.59 Å². The Kier molecular flexibility index (Phi) is 7.72. The zero-order valence-corrected chi connectivity index (χ0v) is 15.9. The van der Waals surface area contributed by atoms with E-state index in [9.17, 15) is 19.2 Å². The van der Waals surface area contributed by atoms with Crippen LogP contribution in [0.3, 0.4) is 0 Å². The predicted octanol–water partition coefficient (Wildman–Crippen LogP) is 1.45. The molecule has 0 aromatic heterocycles. The molecule has 0 bridgehead atoms. The number of ketones is 1. The smallest absolute Gasteiger partial charge is 0.408 e. The molecule has 0 heterocycles. The molecule has 1 amide bonds. The fourth-order valence-electron chi connectivity index (χ4n) is 2.27. The van der Waals surface area contributed by atoms with Crippen molar-refractivity contribution in [2.45, 2.75) is 63.5 Å². The molecular formula is C16H25NO7S. The average Bonchev–Trinajstić information content (AvgIpc) is 2.79. The molecule has 0 spiro atoms. The highest BCUT2D eigenvalue weighted by molar-refractivity contribution is 8.00. The Morgan fingerprint density at radius 1 is 1.28 bits per heavy atom. The van der Waals surface area contributed by atoms with Gasteiger partial charge in [0.2, 0.25) is 0 Å². The first kappa shape index (κ1) is 21.3. The van der Waals surface area contributed by atoms with Crippen molar-refractivity contribution in [3.63, 3.8) is 0 Å². The van der Waals surface area contributed by atoms with E-state index in [0.717, 1.165) is 0 Å². The number of hydrogen-bond acceptors (Lipinski definition) is 8. The van der Waals surface area contributed by atoms with Crippen LogP contribution in [0.1, 0.15) is 40.5 Å². The van der Waals surface area contributed by atoms with Crippen LogP contribution < -0.4 is 5.32 Å². The molecule has 0 aliphatic heterocycles. The van der Waals surface area contributed by atoms with Gasteiger partial charge in [0.25, 0.3) is 0 Å². The topological polar surface area (TPSA) is 108 Å². The van der Waals surface area contributed by atoms with Crippen molar-refractivity contribution in [2.75, 3.05) is 12.9 Å². The number of carbonyl (C=O) groups excluding carboxylic acids is 4. The van der Waals surface area contributed by atoms with Crippen LogP contribution in [0.15, 0.2) is 0 Å². The molecule has 25 heavy (non-hydrogen) atoms. The largest absolute Gasteiger partial charge is 0.467 e. The Balaban J connectivity index is 2.66. The lowest BCUT2D eigenvalue weighted by atomic mass is 10.2. The molecule has 0 saturated heterocycles. The zero-order chi connectivity index (χ0) is 19.2. The highest BCUT2D eigenvalue weighted by atomic mass is 32.2. The molecule has 1 fully saturated rings. The van der Waals surface area contributed by atoms with Crippen LogP contribution in [0.25, 0.3) is 0 Å². The summed E-state index contributed by atoms with van der Waals surface area (Å²) in [5, 5.41) is 2.21. The molecule has 8 nitrogen and oxygen atoms in total. The third-order valence-electron chi connectivity index (χ3n) is 3.24. The molecule has 1 N–H and O–H groups in total. The van der Waals surface area contributed by atoms with Crippen molar-refractivity contribution in [1.82, 2.24) is 5.32 Å². The summed E-state index contributed by atoms with van der Waals surface area (Å²) in [5.41, 5.74) is -0.698. The van der Waals surface area contributed by atoms with Crippen molar-refractivity contribution < 1.29 is 33.4 Å². The van der Waals surface area contributed by atoms with Gasteiger partial charge >= 0.3 is 18.0 Å². The quantitative estimate of drug-likeness (QED) is 0.549. The number of rotatable bonds is 6. The van der Waals surface area contributed by atoms with E-state index >= 15 is 0 Å². The highest BCUT2D eigenvalue weighted by Gasteiger charge is 2.37. The molecule has 1 aliphatic rings. The van der Waals surface area contributed by atoms with Crippen LogP contribution in [-0.4, -0.2) is 59.7 Å². The summed E-state index contributed by atoms with van der Waals surface area (Å²) in [4.78, 5) is 46.5. The van der Waals surface area contributed by atoms with Crippen LogP contribution >= 0.6 is 11.8 Å². The van der Waals surface area contributed by atoms with Crippen LogP contribution in [-0.2, 0) is 28.6 Å². The fourth-order valence-corrected chi connectivity index (χ4v) is 3.60. The van der Waals surface area contributed by atoms with Crippen LogP contribution in [0.5, 0.6) is 0 Å². The number of thioether (sulfide) groups is 1. The van der Waals surface area contributed by atoms with E-state index in [1.165, 1.54) is 25.8 Å². The third kappa shape index (κ3) is 7.76. The SMILES string of the molecule is COC(=O)[C@H](CS[C@@H]1CC(=O)C[C@H]1OC(C)=O)NC(=O)OC(C)(C)C. The van der Waals surface area contributed by atoms with E-state index in [1.807, 2.05) is 0 Å². The van der Waals surface area contributed by atoms with E-state index < -0.39 is 35.8 Å². The van der Waals surface area contributed by atoms with Crippen molar-refractivity contribution in [2.24, 2.45) is 0 Å². The third-order valence-corrected chi connectivity index (χ3v) is 4.67. The summed E-state index contributed by atoms with van der Waals surface area (Å²) in [7, 11) is 1.22. The van der Waals surface area contributed by atoms with Gasteiger partial charge in [0.1, 0.15) is 23.5 Å². The van der Waals surface area contributed by atoms with E-state index in [1.54, 1.807) is 20.8 Å². The molecule has 1 saturated carbocycles. The van der Waals surface area contributed by atoms with E-state index in [-0.39, 0.29) is 29.6 Å². The maximum Gasteiger partial charge on any atom is 0.408 e. The number of Topliss-reactive ketones (excluding diaryl/α,β-unsaturated/α-hetero) is 1. The Morgan fingerprint density at radius 2 is 1.92 bits per heavy atom. The standard InChI is InChI=1S/C16H25NO7S/c1-9(18)23-12-6-10(19)7-13(12)25-8-11(14(20)22-5)17-15(21)24-16(2,3)4/h11-13H,6-8H2,1-5H3,(H,17,21)/t11-,12+,13+/m0/s1. The number of alkyl carbamates (subject to hydrolysis) is 1. The molecule has 1 rings (SSSR count). The second-order valence-electron chi connectivity index (χ2n) is 6.69. The van der Waals surface area contributed by atoms with Gasteiger partial charge in [0, 0.05) is 30.8 Å². The normalized spacial score (nSPS) is 21.4. The van der Waals surface area contributed by atoms with Gasteiger partial charge in [-0.25, -0.2) is 9.59 Å². The van der Waals surface area contributed by atoms with Gasteiger partial charge < -0.3 is 19.5 Å². The zero-order valence-electron chi connectivity index (χ0n) is 15.1. The number of nitrogens with one attached hydrogen (secondary N) is 1. The maximum absolute atomic E-state index is 11.9. The number of hydrogen-bond donors (Lipinski definition) is 1. The fraction of sp³-hybridized carbons (Fsp3) is 0.750. The summed E-state index contributed by atoms with van der Waals surface area (Å²) >= 11 is 1.28. The molecule has 0 unspecified atom stereocenters. The minimum Gasteiger partial charge on any atom is -0.467 e. The van der Waals surface area contributed by atoms with E-state index in [0.29, 0.717) is 0 Å². The predicted molar refractivity (Wildman–Crippen MR) is 91.2 cm³/mol. The Morgan fingerprint density at radius 3 is 2.44 bits per heavy atom. The van der Waals surface area contributed by atoms with Gasteiger partial charge in [0.15, 0.2) is 0 Å². The van der Waals surface area contributed by atoms with Crippen molar-refractivity contribution in [1.29, 1.82) is 0 Å². The first-order valence-corrected chi connectivity index (χ1v) is 8.94. The number of ether oxygens (including phenoxy) is 3. The van der Waals surface area contributed by atoms with Crippen molar-refractivity contribution in [3.8, 4) is 0 Å². The summed E-state index contributed by atoms with van der Waals surface area (Å²) in [6, 6.07) is -0.932. The second-order valence-corrected chi connectivity index (χ2v) is 7.96. The Bertz CT molecular complexity index is 529. The summed E-state index contributed by atoms with van der Waals surface area (Å²) in [6.07, 6.45) is -0.833. The van der Waals surface area contributed by atoms with Crippen LogP contribution in [0, 0.1) is 0 Å². The number of carbonyl (C=O) groups is 4. The number of esters is 2. The van der Waals surface area contributed by atoms with Crippen molar-refractivity contribution in [3.05, 3.63) is 0 Å². The van der Waals surface area contributed by atoms with Crippen molar-refractivity contribution >= 4 is 35.6 Å². The van der Waals surface area contributed by atoms with Gasteiger partial charge in [-0.2, -0.15) is 11.8 Å². The molecule has 0 radical (unpaired) electrons. The summed E-state index contributed by atoms with van der Waals surface area (Å²) < 4.78 is 15.0. The highest BCUT2D eigenvalue weighted by Crippen LogP contribution is 2.31. The lowest BCUT2D eigenvalue weighted by molar-refractivity contribution is -0.146. The lowest BCUT2D eigenvalue weighted by Crippen LogP contribution is -2.46. The summed E-state index contributed by atoms with van der Waals surface area (Å²) in [5.74, 6) is -0.909. The molecule has 1 aliphatic carbocycles. The van der Waals surface area contributed by atoms with Gasteiger partial charge in [-0.1, -0.05) is 0 Å². The minimum absolute atomic E-state index is 0.00142. The Hall–Kier alpha value is -1.77. The molecule has 142 valence electrons. The lowest BCUT2D eigenvalue weighted by Gasteiger charge is -2.24. The van der Waals surface area contributed by atoms with Gasteiger partial charge in [0.05, 0.1) is 7.11 Å². The number of amides is 1. The van der Waals surface area contributed by atoms with Gasteiger partial charge in [-0.15, -0.1) is 0 Å². The summed E-state index contributed by atoms with van der Waals surface area (Å²) in [6.45, 7) is 6.42. The first-order chi connectivity index (χ1) is 11.5. The molecule has 9 heteroatoms. The second kappa shape index (κ2) is 9.07. The molecular weight excluding hydrogens is 350 g/mol. The van der Waals surface area contributed by atoms with E-state index in [4.69, 9.17) is 14.2 Å². The average molecular weight is 375 g/mol. The molecule has 0 aromatic carbocycles. The van der Waals surface area contributed by atoms with Crippen LogP contribution in [0.2, 0.25) is 0 Å². The first-order valence-electron chi connectivity index (χ1n) is 7.89. The minimum atomic E-state index is -0.932. The van der Waals surface area contributed by atoms with Crippen LogP contribution in [0.4, 0.5) is 4.79 Å². The number of methoxy groups -OCH3 is 1. The Labute approximate surface area is 151 Å². The maximum atomic E-state index is 11.9. The molecule has 0 aromatic rings. The van der Waals surface area contributed by atoms with E-state index in [2.05, 4.69) is 5.32 Å². The van der Waals surface area contributed by atoms with Gasteiger partial charge in [-0.05, 0) is 20.8 Å².